The predicted molar refractivity (Wildman–Crippen MR) is 106 cm³/mol. The maximum atomic E-state index is 13.1. The summed E-state index contributed by atoms with van der Waals surface area (Å²) in [5.41, 5.74) is 10.2. The van der Waals surface area contributed by atoms with E-state index in [1.165, 1.54) is 5.56 Å². The van der Waals surface area contributed by atoms with Crippen molar-refractivity contribution in [3.8, 4) is 0 Å². The van der Waals surface area contributed by atoms with Crippen molar-refractivity contribution in [1.82, 2.24) is 9.88 Å². The summed E-state index contributed by atoms with van der Waals surface area (Å²) in [4.78, 5) is 24.7. The average molecular weight is 362 g/mol. The van der Waals surface area contributed by atoms with Crippen LogP contribution in [0.4, 0.5) is 5.69 Å². The number of aromatic nitrogens is 1. The van der Waals surface area contributed by atoms with Crippen LogP contribution in [0.1, 0.15) is 21.6 Å². The lowest BCUT2D eigenvalue weighted by atomic mass is 10.0. The number of nitrogens with zero attached hydrogens (tertiary/aromatic N) is 1. The van der Waals surface area contributed by atoms with Crippen LogP contribution in [0.5, 0.6) is 0 Å². The number of rotatable bonds is 4. The minimum absolute atomic E-state index is 0.0508. The number of anilines is 1. The smallest absolute Gasteiger partial charge is 0.238 e. The first-order valence-corrected chi connectivity index (χ1v) is 9.11. The quantitative estimate of drug-likeness (QED) is 0.663. The van der Waals surface area contributed by atoms with Gasteiger partial charge >= 0.3 is 0 Å². The summed E-state index contributed by atoms with van der Waals surface area (Å²) in [6.45, 7) is 1.48. The Labute approximate surface area is 157 Å². The molecule has 0 atom stereocenters. The zero-order valence-electron chi connectivity index (χ0n) is 15.0. The molecule has 1 aliphatic rings. The second-order valence-electron chi connectivity index (χ2n) is 6.73. The third-order valence-corrected chi connectivity index (χ3v) is 4.94. The number of nitrogens with one attached hydrogen (secondary N) is 2. The van der Waals surface area contributed by atoms with Crippen LogP contribution >= 0.6 is 0 Å². The maximum Gasteiger partial charge on any atom is 0.238 e. The second-order valence-corrected chi connectivity index (χ2v) is 6.73. The molecule has 1 aliphatic heterocycles. The highest BCUT2D eigenvalue weighted by molar-refractivity contribution is 6.00. The topological polar surface area (TPSA) is 89.2 Å². The molecule has 0 unspecified atom stereocenters. The van der Waals surface area contributed by atoms with E-state index in [1.807, 2.05) is 53.1 Å². The van der Waals surface area contributed by atoms with Crippen molar-refractivity contribution in [2.45, 2.75) is 19.4 Å². The molecule has 0 radical (unpaired) electrons. The lowest BCUT2D eigenvalue weighted by Gasteiger charge is -2.16. The summed E-state index contributed by atoms with van der Waals surface area (Å²) in [5, 5.41) is 7.17. The van der Waals surface area contributed by atoms with Gasteiger partial charge < -0.3 is 16.4 Å². The van der Waals surface area contributed by atoms with Gasteiger partial charge in [-0.1, -0.05) is 30.3 Å². The van der Waals surface area contributed by atoms with Gasteiger partial charge in [0.25, 0.3) is 0 Å². The van der Waals surface area contributed by atoms with Crippen molar-refractivity contribution in [3.63, 3.8) is 0 Å². The molecule has 6 nitrogen and oxygen atoms in total. The van der Waals surface area contributed by atoms with E-state index in [9.17, 15) is 9.59 Å². The van der Waals surface area contributed by atoms with E-state index in [1.54, 1.807) is 0 Å². The number of hydrogen-bond acceptors (Lipinski definition) is 4. The van der Waals surface area contributed by atoms with Gasteiger partial charge in [-0.05, 0) is 42.3 Å². The van der Waals surface area contributed by atoms with Gasteiger partial charge in [-0.3, -0.25) is 14.2 Å². The van der Waals surface area contributed by atoms with Crippen molar-refractivity contribution in [2.24, 2.45) is 5.73 Å². The van der Waals surface area contributed by atoms with Crippen molar-refractivity contribution in [1.29, 1.82) is 0 Å². The Morgan fingerprint density at radius 3 is 2.74 bits per heavy atom. The summed E-state index contributed by atoms with van der Waals surface area (Å²) in [5.74, 6) is -0.181. The first-order valence-electron chi connectivity index (χ1n) is 9.11. The summed E-state index contributed by atoms with van der Waals surface area (Å²) in [7, 11) is 0. The zero-order chi connectivity index (χ0) is 18.8. The minimum Gasteiger partial charge on any atom is -0.325 e. The molecule has 4 rings (SSSR count). The molecule has 6 heteroatoms. The van der Waals surface area contributed by atoms with Crippen LogP contribution in [-0.2, 0) is 24.2 Å². The molecule has 2 aromatic carbocycles. The molecule has 3 aromatic rings. The minimum atomic E-state index is -0.232. The first kappa shape index (κ1) is 17.5. The summed E-state index contributed by atoms with van der Waals surface area (Å²) >= 11 is 0. The number of amides is 1. The van der Waals surface area contributed by atoms with Gasteiger partial charge in [-0.2, -0.15) is 0 Å². The van der Waals surface area contributed by atoms with Crippen LogP contribution in [0.3, 0.4) is 0 Å². The number of benzene rings is 2. The average Bonchev–Trinajstić information content (AvgIpc) is 3.02. The molecular formula is C21H22N4O2. The van der Waals surface area contributed by atoms with E-state index in [-0.39, 0.29) is 18.4 Å². The molecule has 0 aliphatic carbocycles. The van der Waals surface area contributed by atoms with E-state index in [0.717, 1.165) is 35.1 Å². The van der Waals surface area contributed by atoms with Crippen molar-refractivity contribution in [2.75, 3.05) is 18.4 Å². The predicted octanol–water partition coefficient (Wildman–Crippen LogP) is 2.07. The molecule has 138 valence electrons. The van der Waals surface area contributed by atoms with Gasteiger partial charge in [0, 0.05) is 23.3 Å². The maximum absolute atomic E-state index is 13.1. The van der Waals surface area contributed by atoms with Gasteiger partial charge in [-0.15, -0.1) is 0 Å². The third-order valence-electron chi connectivity index (χ3n) is 4.94. The highest BCUT2D eigenvalue weighted by atomic mass is 16.2. The molecule has 1 amide bonds. The second kappa shape index (κ2) is 7.34. The molecule has 27 heavy (non-hydrogen) atoms. The zero-order valence-corrected chi connectivity index (χ0v) is 15.0. The summed E-state index contributed by atoms with van der Waals surface area (Å²) < 4.78 is 1.83. The molecule has 2 heterocycles. The van der Waals surface area contributed by atoms with Gasteiger partial charge in [0.05, 0.1) is 18.5 Å². The van der Waals surface area contributed by atoms with Crippen LogP contribution in [0.2, 0.25) is 0 Å². The lowest BCUT2D eigenvalue weighted by Crippen LogP contribution is -2.27. The molecular weight excluding hydrogens is 340 g/mol. The van der Waals surface area contributed by atoms with E-state index in [2.05, 4.69) is 10.6 Å². The Hall–Kier alpha value is -2.96. The Balaban J connectivity index is 1.77. The normalized spacial score (nSPS) is 13.4. The number of hydrogen-bond donors (Lipinski definition) is 3. The number of carbonyl (C=O) groups is 2. The summed E-state index contributed by atoms with van der Waals surface area (Å²) in [6, 6.07) is 15.4. The molecule has 1 aromatic heterocycles. The van der Waals surface area contributed by atoms with E-state index in [4.69, 9.17) is 5.73 Å². The Morgan fingerprint density at radius 1 is 1.15 bits per heavy atom. The largest absolute Gasteiger partial charge is 0.325 e. The molecule has 0 saturated heterocycles. The van der Waals surface area contributed by atoms with Gasteiger partial charge in [0.2, 0.25) is 11.8 Å². The standard InChI is InChI=1S/C21H22N4O2/c22-12-20(26)24-15-6-7-18-17(11-15)16-8-9-23-13-19(16)25(18)21(27)10-14-4-2-1-3-5-14/h1-7,11,23H,8-10,12-13,22H2,(H,24,26). The van der Waals surface area contributed by atoms with Gasteiger partial charge in [-0.25, -0.2) is 0 Å². The first-order chi connectivity index (χ1) is 13.2. The molecule has 0 spiro atoms. The number of carbonyl (C=O) groups excluding carboxylic acids is 2. The van der Waals surface area contributed by atoms with E-state index >= 15 is 0 Å². The lowest BCUT2D eigenvalue weighted by molar-refractivity contribution is -0.114. The SMILES string of the molecule is NCC(=O)Nc1ccc2c(c1)c1c(n2C(=O)Cc2ccccc2)CNCC1. The fraction of sp³-hybridized carbons (Fsp3) is 0.238. The van der Waals surface area contributed by atoms with E-state index in [0.29, 0.717) is 18.7 Å². The van der Waals surface area contributed by atoms with Crippen molar-refractivity contribution >= 4 is 28.4 Å². The van der Waals surface area contributed by atoms with Crippen molar-refractivity contribution < 1.29 is 9.59 Å². The summed E-state index contributed by atoms with van der Waals surface area (Å²) in [6.07, 6.45) is 1.20. The van der Waals surface area contributed by atoms with E-state index < -0.39 is 0 Å². The third kappa shape index (κ3) is 3.37. The van der Waals surface area contributed by atoms with Crippen LogP contribution in [0.25, 0.3) is 10.9 Å². The van der Waals surface area contributed by atoms with Crippen LogP contribution in [0, 0.1) is 0 Å². The molecule has 0 saturated carbocycles. The monoisotopic (exact) mass is 362 g/mol. The number of fused-ring (bicyclic) bond motifs is 3. The molecule has 4 N–H and O–H groups in total. The molecule has 0 fully saturated rings. The fourth-order valence-electron chi connectivity index (χ4n) is 3.72. The number of nitrogens with two attached hydrogens (primary N) is 1. The van der Waals surface area contributed by atoms with Gasteiger partial charge in [0.15, 0.2) is 0 Å². The Kier molecular flexibility index (Phi) is 4.75. The highest BCUT2D eigenvalue weighted by Crippen LogP contribution is 2.31. The Morgan fingerprint density at radius 2 is 1.96 bits per heavy atom. The fourth-order valence-corrected chi connectivity index (χ4v) is 3.72. The van der Waals surface area contributed by atoms with Crippen LogP contribution < -0.4 is 16.4 Å². The Bertz CT molecular complexity index is 1010. The van der Waals surface area contributed by atoms with Crippen LogP contribution in [0.15, 0.2) is 48.5 Å². The molecule has 0 bridgehead atoms. The van der Waals surface area contributed by atoms with Gasteiger partial charge in [0.1, 0.15) is 0 Å². The van der Waals surface area contributed by atoms with Crippen LogP contribution in [-0.4, -0.2) is 29.5 Å². The van der Waals surface area contributed by atoms with Crippen molar-refractivity contribution in [3.05, 3.63) is 65.4 Å². The highest BCUT2D eigenvalue weighted by Gasteiger charge is 2.23.